The zero-order chi connectivity index (χ0) is 21.7. The van der Waals surface area contributed by atoms with Gasteiger partial charge in [-0.25, -0.2) is 0 Å². The van der Waals surface area contributed by atoms with Gasteiger partial charge < -0.3 is 24.8 Å². The molecular formula is C28H36Cl2SiZr. The molecule has 0 spiro atoms. The van der Waals surface area contributed by atoms with E-state index in [1.165, 1.54) is 11.1 Å². The van der Waals surface area contributed by atoms with E-state index in [0.717, 1.165) is 7.25 Å². The zero-order valence-electron chi connectivity index (χ0n) is 20.7. The first kappa shape index (κ1) is 27.8. The number of benzene rings is 2. The van der Waals surface area contributed by atoms with Gasteiger partial charge in [-0.1, -0.05) is 0 Å². The van der Waals surface area contributed by atoms with Gasteiger partial charge in [-0.05, 0) is 0 Å². The monoisotopic (exact) mass is 560 g/mol. The third kappa shape index (κ3) is 4.72. The first-order valence-electron chi connectivity index (χ1n) is 11.5. The third-order valence-corrected chi connectivity index (χ3v) is 26.5. The fourth-order valence-electron chi connectivity index (χ4n) is 5.60. The van der Waals surface area contributed by atoms with E-state index < -0.39 is 20.4 Å². The maximum absolute atomic E-state index is 2.64. The molecule has 0 amide bonds. The van der Waals surface area contributed by atoms with Crippen molar-refractivity contribution < 1.29 is 45.2 Å². The van der Waals surface area contributed by atoms with Crippen molar-refractivity contribution >= 4 is 17.6 Å². The van der Waals surface area contributed by atoms with E-state index in [1.54, 1.807) is 33.4 Å². The molecule has 32 heavy (non-hydrogen) atoms. The maximum Gasteiger partial charge on any atom is -1.00 e. The Kier molecular flexibility index (Phi) is 9.48. The Balaban J connectivity index is 0.00000181. The molecule has 2 atom stereocenters. The molecule has 0 bridgehead atoms. The second-order valence-electron chi connectivity index (χ2n) is 10.1. The van der Waals surface area contributed by atoms with Crippen molar-refractivity contribution in [3.8, 4) is 0 Å². The first-order chi connectivity index (χ1) is 14.2. The van der Waals surface area contributed by atoms with Crippen LogP contribution in [0.5, 0.6) is 0 Å². The van der Waals surface area contributed by atoms with Gasteiger partial charge in [-0.3, -0.25) is 0 Å². The minimum absolute atomic E-state index is 0. The van der Waals surface area contributed by atoms with Crippen LogP contribution < -0.4 is 24.8 Å². The number of allylic oxidation sites excluding steroid dienone is 2. The number of hydrogen-bond acceptors (Lipinski definition) is 0. The minimum Gasteiger partial charge on any atom is -1.00 e. The molecule has 2 aliphatic carbocycles. The molecule has 2 aromatic carbocycles. The standard InChI is InChI=1S/2C13H15.C2H6Si.2ClH.Zr/c2*1-9(2)12-7-11-6-4-5-10(3)13(11)8-12;1-3-2;;;/h2*4-9H,1-3H3;1-2H3;2*1H;/q;;;;;+2/p-2. The zero-order valence-corrected chi connectivity index (χ0v) is 25.7. The van der Waals surface area contributed by atoms with Crippen molar-refractivity contribution in [1.82, 2.24) is 0 Å². The molecule has 170 valence electrons. The molecule has 0 aromatic heterocycles. The van der Waals surface area contributed by atoms with E-state index in [2.05, 4.69) is 103 Å². The van der Waals surface area contributed by atoms with Gasteiger partial charge in [0.1, 0.15) is 0 Å². The fourth-order valence-corrected chi connectivity index (χ4v) is 26.6. The van der Waals surface area contributed by atoms with Crippen LogP contribution in [0.1, 0.15) is 68.3 Å². The summed E-state index contributed by atoms with van der Waals surface area (Å²) in [6, 6.07) is 14.2. The molecule has 0 radical (unpaired) electrons. The Morgan fingerprint density at radius 1 is 0.688 bits per heavy atom. The SMILES string of the molecule is Cc1cccc2c1C=C(C(C)C)[CH]2[Zr+2]([CH]1C(C(C)C)=Cc2c(C)cccc21)=[Si](C)C.[Cl-].[Cl-]. The summed E-state index contributed by atoms with van der Waals surface area (Å²) in [5.74, 6) is 1.26. The molecule has 4 heteroatoms. The topological polar surface area (TPSA) is 0 Å². The Labute approximate surface area is 216 Å². The van der Waals surface area contributed by atoms with E-state index in [1.807, 2.05) is 0 Å². The number of fused-ring (bicyclic) bond motifs is 2. The average Bonchev–Trinajstić information content (AvgIpc) is 3.24. The van der Waals surface area contributed by atoms with E-state index in [9.17, 15) is 0 Å². The van der Waals surface area contributed by atoms with Gasteiger partial charge in [0.25, 0.3) is 0 Å². The Morgan fingerprint density at radius 2 is 1.06 bits per heavy atom. The van der Waals surface area contributed by atoms with Crippen molar-refractivity contribution in [3.05, 3.63) is 80.9 Å². The van der Waals surface area contributed by atoms with Crippen LogP contribution in [0.3, 0.4) is 0 Å². The minimum atomic E-state index is -1.96. The largest absolute Gasteiger partial charge is 1.00 e. The van der Waals surface area contributed by atoms with Gasteiger partial charge in [-0.15, -0.1) is 0 Å². The summed E-state index contributed by atoms with van der Waals surface area (Å²) in [7, 11) is 0. The molecule has 2 aliphatic rings. The van der Waals surface area contributed by atoms with Crippen LogP contribution in [0.15, 0.2) is 47.5 Å². The van der Waals surface area contributed by atoms with Crippen molar-refractivity contribution in [2.75, 3.05) is 0 Å². The summed E-state index contributed by atoms with van der Waals surface area (Å²) in [5, 5.41) is 0. The van der Waals surface area contributed by atoms with E-state index >= 15 is 0 Å². The molecule has 4 rings (SSSR count). The Morgan fingerprint density at radius 3 is 1.38 bits per heavy atom. The quantitative estimate of drug-likeness (QED) is 0.501. The van der Waals surface area contributed by atoms with Crippen LogP contribution in [-0.2, 0) is 20.4 Å². The van der Waals surface area contributed by atoms with Crippen LogP contribution in [0.25, 0.3) is 12.2 Å². The van der Waals surface area contributed by atoms with Crippen molar-refractivity contribution in [3.63, 3.8) is 0 Å². The van der Waals surface area contributed by atoms with Gasteiger partial charge >= 0.3 is 193 Å². The molecule has 0 N–H and O–H groups in total. The van der Waals surface area contributed by atoms with E-state index in [0.29, 0.717) is 11.8 Å². The molecule has 0 saturated heterocycles. The summed E-state index contributed by atoms with van der Waals surface area (Å²) in [6.45, 7) is 19.6. The van der Waals surface area contributed by atoms with Crippen molar-refractivity contribution in [1.29, 1.82) is 0 Å². The Hall–Kier alpha value is -0.400. The third-order valence-electron chi connectivity index (χ3n) is 7.16. The van der Waals surface area contributed by atoms with Gasteiger partial charge in [0.05, 0.1) is 0 Å². The second kappa shape index (κ2) is 10.9. The summed E-state index contributed by atoms with van der Waals surface area (Å²) >= 11 is -1.96. The number of rotatable bonds is 4. The molecule has 2 unspecified atom stereocenters. The van der Waals surface area contributed by atoms with Crippen LogP contribution >= 0.6 is 0 Å². The van der Waals surface area contributed by atoms with E-state index in [-0.39, 0.29) is 30.2 Å². The van der Waals surface area contributed by atoms with Gasteiger partial charge in [-0.2, -0.15) is 0 Å². The van der Waals surface area contributed by atoms with Crippen LogP contribution in [0, 0.1) is 25.7 Å². The maximum atomic E-state index is 2.64. The number of aryl methyl sites for hydroxylation is 2. The molecular weight excluding hydrogens is 527 g/mol. The normalized spacial score (nSPS) is 18.2. The van der Waals surface area contributed by atoms with Crippen molar-refractivity contribution in [2.24, 2.45) is 11.8 Å². The summed E-state index contributed by atoms with van der Waals surface area (Å²) in [6.07, 6.45) is 5.19. The summed E-state index contributed by atoms with van der Waals surface area (Å²) < 4.78 is 1.48. The van der Waals surface area contributed by atoms with Gasteiger partial charge in [0.15, 0.2) is 0 Å². The van der Waals surface area contributed by atoms with Crippen molar-refractivity contribution in [2.45, 2.75) is 61.9 Å². The van der Waals surface area contributed by atoms with Gasteiger partial charge in [0.2, 0.25) is 0 Å². The Bertz CT molecular complexity index is 1020. The molecule has 0 aliphatic heterocycles. The van der Waals surface area contributed by atoms with Crippen LogP contribution in [0.2, 0.25) is 13.1 Å². The van der Waals surface area contributed by atoms with Crippen LogP contribution in [0.4, 0.5) is 0 Å². The van der Waals surface area contributed by atoms with Crippen LogP contribution in [-0.4, -0.2) is 5.43 Å². The van der Waals surface area contributed by atoms with Gasteiger partial charge in [0, 0.05) is 0 Å². The molecule has 0 nitrogen and oxygen atoms in total. The summed E-state index contributed by atoms with van der Waals surface area (Å²) in [4.78, 5) is 0. The second-order valence-corrected chi connectivity index (χ2v) is 27.9. The average molecular weight is 563 g/mol. The smallest absolute Gasteiger partial charge is 1.00 e. The number of halogens is 2. The predicted octanol–water partition coefficient (Wildman–Crippen LogP) is 2.07. The predicted molar refractivity (Wildman–Crippen MR) is 131 cm³/mol. The molecule has 0 heterocycles. The molecule has 0 fully saturated rings. The number of hydrogen-bond donors (Lipinski definition) is 0. The fraction of sp³-hybridized carbons (Fsp3) is 0.429. The first-order valence-corrected chi connectivity index (χ1v) is 20.5. The molecule has 0 saturated carbocycles. The summed E-state index contributed by atoms with van der Waals surface area (Å²) in [5.41, 5.74) is 12.5. The molecule has 2 aromatic rings. The van der Waals surface area contributed by atoms with E-state index in [4.69, 9.17) is 0 Å².